The fraction of sp³-hybridized carbons (Fsp3) is 0.130. The number of rotatable bonds is 8. The summed E-state index contributed by atoms with van der Waals surface area (Å²) in [5.41, 5.74) is 1.30. The van der Waals surface area contributed by atoms with Crippen molar-refractivity contribution in [1.82, 2.24) is 8.68 Å². The molecule has 1 N–H and O–H groups in total. The number of ether oxygens (including phenoxy) is 1. The fourth-order valence-corrected chi connectivity index (χ4v) is 5.74. The standard InChI is InChI=1S/C23H20ClN3O4S2/c1-31-20-9-7-18(24)12-22(20)33(29,30)27(14-16-5-3-2-4-6-16)15-23(28)26-19-8-10-21-17(11-19)13-25-32-21/h2-13H,14-15H2,1H3,(H,26,28). The van der Waals surface area contributed by atoms with Gasteiger partial charge >= 0.3 is 0 Å². The predicted octanol–water partition coefficient (Wildman–Crippen LogP) is 4.79. The van der Waals surface area contributed by atoms with E-state index in [1.165, 1.54) is 30.8 Å². The van der Waals surface area contributed by atoms with E-state index >= 15 is 0 Å². The quantitative estimate of drug-likeness (QED) is 0.375. The van der Waals surface area contributed by atoms with Crippen LogP contribution in [0.2, 0.25) is 5.02 Å². The molecule has 1 heterocycles. The topological polar surface area (TPSA) is 88.6 Å². The maximum atomic E-state index is 13.6. The van der Waals surface area contributed by atoms with Crippen LogP contribution in [0.3, 0.4) is 0 Å². The molecule has 0 fully saturated rings. The van der Waals surface area contributed by atoms with E-state index in [2.05, 4.69) is 9.69 Å². The second kappa shape index (κ2) is 9.88. The molecule has 170 valence electrons. The largest absolute Gasteiger partial charge is 0.495 e. The molecule has 0 aliphatic carbocycles. The van der Waals surface area contributed by atoms with Gasteiger partial charge in [-0.2, -0.15) is 8.68 Å². The number of carbonyl (C=O) groups excluding carboxylic acids is 1. The molecule has 0 aliphatic rings. The molecule has 0 radical (unpaired) electrons. The second-order valence-corrected chi connectivity index (χ2v) is 10.4. The maximum Gasteiger partial charge on any atom is 0.247 e. The summed E-state index contributed by atoms with van der Waals surface area (Å²) >= 11 is 7.43. The number of hydrogen-bond donors (Lipinski definition) is 1. The SMILES string of the molecule is COc1ccc(Cl)cc1S(=O)(=O)N(CC(=O)Nc1ccc2sncc2c1)Cc1ccccc1. The molecule has 7 nitrogen and oxygen atoms in total. The summed E-state index contributed by atoms with van der Waals surface area (Å²) in [6, 6.07) is 18.8. The van der Waals surface area contributed by atoms with Crippen LogP contribution in [0.5, 0.6) is 5.75 Å². The first-order valence-electron chi connectivity index (χ1n) is 9.89. The number of sulfonamides is 1. The van der Waals surface area contributed by atoms with Gasteiger partial charge in [-0.25, -0.2) is 8.42 Å². The molecule has 4 aromatic rings. The van der Waals surface area contributed by atoms with Gasteiger partial charge in [-0.05, 0) is 53.5 Å². The normalized spacial score (nSPS) is 11.6. The highest BCUT2D eigenvalue weighted by molar-refractivity contribution is 7.89. The molecule has 0 atom stereocenters. The Balaban J connectivity index is 1.64. The van der Waals surface area contributed by atoms with Gasteiger partial charge in [0, 0.05) is 28.8 Å². The first-order chi connectivity index (χ1) is 15.9. The van der Waals surface area contributed by atoms with Gasteiger partial charge in [-0.15, -0.1) is 0 Å². The number of anilines is 1. The van der Waals surface area contributed by atoms with Gasteiger partial charge in [0.2, 0.25) is 15.9 Å². The molecular weight excluding hydrogens is 482 g/mol. The number of aromatic nitrogens is 1. The van der Waals surface area contributed by atoms with E-state index in [1.807, 2.05) is 24.3 Å². The van der Waals surface area contributed by atoms with Crippen molar-refractivity contribution in [2.75, 3.05) is 19.0 Å². The molecule has 0 saturated heterocycles. The van der Waals surface area contributed by atoms with E-state index in [9.17, 15) is 13.2 Å². The van der Waals surface area contributed by atoms with Crippen LogP contribution in [0.25, 0.3) is 10.1 Å². The molecule has 0 saturated carbocycles. The highest BCUT2D eigenvalue weighted by atomic mass is 35.5. The number of fused-ring (bicyclic) bond motifs is 1. The highest BCUT2D eigenvalue weighted by Crippen LogP contribution is 2.30. The van der Waals surface area contributed by atoms with Gasteiger partial charge in [-0.3, -0.25) is 4.79 Å². The Morgan fingerprint density at radius 3 is 2.67 bits per heavy atom. The summed E-state index contributed by atoms with van der Waals surface area (Å²) < 4.78 is 38.7. The van der Waals surface area contributed by atoms with Gasteiger partial charge in [0.1, 0.15) is 10.6 Å². The third kappa shape index (κ3) is 5.33. The lowest BCUT2D eigenvalue weighted by Gasteiger charge is -2.23. The monoisotopic (exact) mass is 501 g/mol. The smallest absolute Gasteiger partial charge is 0.247 e. The summed E-state index contributed by atoms with van der Waals surface area (Å²) in [5.74, 6) is -0.327. The average molecular weight is 502 g/mol. The second-order valence-electron chi connectivity index (χ2n) is 7.18. The number of amides is 1. The van der Waals surface area contributed by atoms with Gasteiger partial charge in [0.15, 0.2) is 0 Å². The van der Waals surface area contributed by atoms with Gasteiger partial charge < -0.3 is 10.1 Å². The van der Waals surface area contributed by atoms with Crippen molar-refractivity contribution in [3.8, 4) is 5.75 Å². The van der Waals surface area contributed by atoms with Crippen LogP contribution in [-0.2, 0) is 21.4 Å². The van der Waals surface area contributed by atoms with Crippen molar-refractivity contribution in [3.05, 3.63) is 83.5 Å². The van der Waals surface area contributed by atoms with Gasteiger partial charge in [0.05, 0.1) is 18.4 Å². The van der Waals surface area contributed by atoms with Gasteiger partial charge in [0.25, 0.3) is 0 Å². The Hall–Kier alpha value is -2.98. The molecule has 1 aromatic heterocycles. The molecule has 4 rings (SSSR count). The van der Waals surface area contributed by atoms with Crippen LogP contribution in [0, 0.1) is 0 Å². The number of benzene rings is 3. The number of carbonyl (C=O) groups is 1. The van der Waals surface area contributed by atoms with Crippen molar-refractivity contribution in [3.63, 3.8) is 0 Å². The Bertz CT molecular complexity index is 1390. The fourth-order valence-electron chi connectivity index (χ4n) is 3.31. The van der Waals surface area contributed by atoms with Gasteiger partial charge in [-0.1, -0.05) is 41.9 Å². The summed E-state index contributed by atoms with van der Waals surface area (Å²) in [6.07, 6.45) is 1.72. The number of hydrogen-bond acceptors (Lipinski definition) is 6. The van der Waals surface area contributed by atoms with Crippen LogP contribution in [-0.4, -0.2) is 36.7 Å². The van der Waals surface area contributed by atoms with E-state index in [0.29, 0.717) is 5.69 Å². The minimum absolute atomic E-state index is 0.000251. The zero-order chi connectivity index (χ0) is 23.4. The number of nitrogens with one attached hydrogen (secondary N) is 1. The van der Waals surface area contributed by atoms with E-state index < -0.39 is 22.5 Å². The first kappa shape index (κ1) is 23.2. The van der Waals surface area contributed by atoms with Crippen molar-refractivity contribution in [1.29, 1.82) is 0 Å². The Morgan fingerprint density at radius 2 is 1.91 bits per heavy atom. The van der Waals surface area contributed by atoms with Crippen LogP contribution in [0.4, 0.5) is 5.69 Å². The van der Waals surface area contributed by atoms with Crippen LogP contribution in [0.1, 0.15) is 5.56 Å². The molecule has 0 aliphatic heterocycles. The lowest BCUT2D eigenvalue weighted by molar-refractivity contribution is -0.116. The molecular formula is C23H20ClN3O4S2. The lowest BCUT2D eigenvalue weighted by Crippen LogP contribution is -2.37. The minimum atomic E-state index is -4.12. The van der Waals surface area contributed by atoms with Crippen LogP contribution >= 0.6 is 23.1 Å². The summed E-state index contributed by atoms with van der Waals surface area (Å²) in [7, 11) is -2.74. The molecule has 1 amide bonds. The molecule has 10 heteroatoms. The van der Waals surface area contributed by atoms with Crippen LogP contribution < -0.4 is 10.1 Å². The highest BCUT2D eigenvalue weighted by Gasteiger charge is 2.30. The summed E-state index contributed by atoms with van der Waals surface area (Å²) in [6.45, 7) is -0.396. The molecule has 3 aromatic carbocycles. The molecule has 33 heavy (non-hydrogen) atoms. The van der Waals surface area contributed by atoms with E-state index in [0.717, 1.165) is 20.0 Å². The predicted molar refractivity (Wildman–Crippen MR) is 130 cm³/mol. The van der Waals surface area contributed by atoms with Crippen molar-refractivity contribution in [2.45, 2.75) is 11.4 Å². The first-order valence-corrected chi connectivity index (χ1v) is 12.5. The van der Waals surface area contributed by atoms with E-state index in [-0.39, 0.29) is 22.2 Å². The molecule has 0 spiro atoms. The van der Waals surface area contributed by atoms with Crippen molar-refractivity contribution < 1.29 is 17.9 Å². The maximum absolute atomic E-state index is 13.6. The molecule has 0 bridgehead atoms. The average Bonchev–Trinajstić information content (AvgIpc) is 3.27. The third-order valence-corrected chi connectivity index (χ3v) is 7.73. The Morgan fingerprint density at radius 1 is 1.12 bits per heavy atom. The zero-order valence-corrected chi connectivity index (χ0v) is 20.0. The summed E-state index contributed by atoms with van der Waals surface area (Å²) in [4.78, 5) is 12.8. The Labute approximate surface area is 200 Å². The van der Waals surface area contributed by atoms with Crippen LogP contribution in [0.15, 0.2) is 77.8 Å². The van der Waals surface area contributed by atoms with E-state index in [1.54, 1.807) is 36.5 Å². The van der Waals surface area contributed by atoms with Crippen molar-refractivity contribution >= 4 is 54.8 Å². The molecule has 0 unspecified atom stereocenters. The summed E-state index contributed by atoms with van der Waals surface area (Å²) in [5, 5.41) is 3.92. The zero-order valence-electron chi connectivity index (χ0n) is 17.6. The van der Waals surface area contributed by atoms with Crippen molar-refractivity contribution in [2.24, 2.45) is 0 Å². The third-order valence-electron chi connectivity index (χ3n) is 4.90. The Kier molecular flexibility index (Phi) is 6.94. The number of halogens is 1. The lowest BCUT2D eigenvalue weighted by atomic mass is 10.2. The number of methoxy groups -OCH3 is 1. The number of nitrogens with zero attached hydrogens (tertiary/aromatic N) is 2. The minimum Gasteiger partial charge on any atom is -0.495 e. The van der Waals surface area contributed by atoms with E-state index in [4.69, 9.17) is 16.3 Å².